The number of aliphatic hydroxyl groups is 1. The fraction of sp³-hybridized carbons (Fsp3) is 0.615. The quantitative estimate of drug-likeness (QED) is 0.427. The van der Waals surface area contributed by atoms with Crippen molar-refractivity contribution in [1.82, 2.24) is 20.2 Å². The molecule has 1 saturated heterocycles. The number of anilines is 1. The van der Waals surface area contributed by atoms with Crippen molar-refractivity contribution in [2.75, 3.05) is 18.4 Å². The van der Waals surface area contributed by atoms with Gasteiger partial charge in [0.25, 0.3) is 11.8 Å². The molecule has 0 unspecified atom stereocenters. The summed E-state index contributed by atoms with van der Waals surface area (Å²) in [6, 6.07) is 0.848. The van der Waals surface area contributed by atoms with Gasteiger partial charge >= 0.3 is 6.18 Å². The van der Waals surface area contributed by atoms with E-state index in [0.717, 1.165) is 44.4 Å². The first kappa shape index (κ1) is 28.3. The zero-order valence-electron chi connectivity index (χ0n) is 22.0. The van der Waals surface area contributed by atoms with E-state index >= 15 is 0 Å². The molecule has 2 atom stereocenters. The van der Waals surface area contributed by atoms with E-state index in [1.165, 1.54) is 13.8 Å². The second-order valence-corrected chi connectivity index (χ2v) is 11.9. The molecular formula is C26H34F3N5O3S. The Morgan fingerprint density at radius 3 is 2.50 bits per heavy atom. The molecule has 208 valence electrons. The van der Waals surface area contributed by atoms with Crippen molar-refractivity contribution in [3.63, 3.8) is 0 Å². The Labute approximate surface area is 224 Å². The number of rotatable bonds is 8. The Balaban J connectivity index is 1.75. The van der Waals surface area contributed by atoms with Crippen LogP contribution in [0, 0.1) is 5.92 Å². The van der Waals surface area contributed by atoms with E-state index in [-0.39, 0.29) is 45.6 Å². The number of thiazole rings is 1. The first-order valence-electron chi connectivity index (χ1n) is 12.9. The normalized spacial score (nSPS) is 19.3. The Morgan fingerprint density at radius 1 is 1.24 bits per heavy atom. The van der Waals surface area contributed by atoms with Crippen LogP contribution < -0.4 is 10.6 Å². The number of nitrogens with one attached hydrogen (secondary N) is 2. The van der Waals surface area contributed by atoms with E-state index in [4.69, 9.17) is 0 Å². The van der Waals surface area contributed by atoms with Crippen LogP contribution in [0.3, 0.4) is 0 Å². The van der Waals surface area contributed by atoms with Crippen LogP contribution >= 0.6 is 11.3 Å². The molecule has 0 bridgehead atoms. The number of carbonyl (C=O) groups is 2. The van der Waals surface area contributed by atoms with Gasteiger partial charge in [0, 0.05) is 36.9 Å². The van der Waals surface area contributed by atoms with Crippen LogP contribution in [0.5, 0.6) is 0 Å². The number of carbonyl (C=O) groups excluding carboxylic acids is 2. The third kappa shape index (κ3) is 6.28. The van der Waals surface area contributed by atoms with Crippen molar-refractivity contribution in [2.45, 2.75) is 83.7 Å². The molecule has 1 saturated carbocycles. The largest absolute Gasteiger partial charge is 0.417 e. The molecule has 3 N–H and O–H groups in total. The van der Waals surface area contributed by atoms with E-state index < -0.39 is 29.2 Å². The van der Waals surface area contributed by atoms with Gasteiger partial charge in [-0.25, -0.2) is 9.97 Å². The molecular weight excluding hydrogens is 519 g/mol. The lowest BCUT2D eigenvalue weighted by atomic mass is 9.80. The zero-order chi connectivity index (χ0) is 27.8. The van der Waals surface area contributed by atoms with Gasteiger partial charge in [-0.2, -0.15) is 13.2 Å². The molecule has 38 heavy (non-hydrogen) atoms. The summed E-state index contributed by atoms with van der Waals surface area (Å²) in [5.74, 6) is -0.698. The van der Waals surface area contributed by atoms with Gasteiger partial charge in [0.15, 0.2) is 5.01 Å². The van der Waals surface area contributed by atoms with E-state index in [9.17, 15) is 27.9 Å². The van der Waals surface area contributed by atoms with E-state index in [0.29, 0.717) is 23.8 Å². The highest BCUT2D eigenvalue weighted by atomic mass is 32.1. The van der Waals surface area contributed by atoms with E-state index in [1.807, 2.05) is 13.8 Å². The number of hydrogen-bond acceptors (Lipinski definition) is 7. The summed E-state index contributed by atoms with van der Waals surface area (Å²) in [6.07, 6.45) is 1.09. The third-order valence-electron chi connectivity index (χ3n) is 7.21. The van der Waals surface area contributed by atoms with Gasteiger partial charge in [-0.3, -0.25) is 9.59 Å². The molecule has 2 amide bonds. The highest BCUT2D eigenvalue weighted by Gasteiger charge is 2.38. The van der Waals surface area contributed by atoms with Gasteiger partial charge in [0.1, 0.15) is 11.5 Å². The minimum absolute atomic E-state index is 0.0218. The van der Waals surface area contributed by atoms with Crippen LogP contribution in [0.1, 0.15) is 85.7 Å². The molecule has 1 aliphatic carbocycles. The van der Waals surface area contributed by atoms with Crippen molar-refractivity contribution in [3.8, 4) is 10.4 Å². The Hall–Kier alpha value is -2.73. The van der Waals surface area contributed by atoms with Crippen molar-refractivity contribution in [3.05, 3.63) is 28.5 Å². The molecule has 2 aromatic heterocycles. The number of nitrogens with zero attached hydrogens (tertiary/aromatic N) is 3. The summed E-state index contributed by atoms with van der Waals surface area (Å²) in [5.41, 5.74) is -2.65. The predicted octanol–water partition coefficient (Wildman–Crippen LogP) is 4.95. The van der Waals surface area contributed by atoms with E-state index in [2.05, 4.69) is 20.6 Å². The van der Waals surface area contributed by atoms with Gasteiger partial charge < -0.3 is 20.6 Å². The minimum Gasteiger partial charge on any atom is -0.389 e. The lowest BCUT2D eigenvalue weighted by molar-refractivity contribution is -0.137. The molecule has 1 aliphatic heterocycles. The number of pyridine rings is 1. The van der Waals surface area contributed by atoms with E-state index in [1.54, 1.807) is 4.90 Å². The van der Waals surface area contributed by atoms with Gasteiger partial charge in [-0.15, -0.1) is 11.3 Å². The van der Waals surface area contributed by atoms with Gasteiger partial charge in [-0.05, 0) is 65.4 Å². The van der Waals surface area contributed by atoms with Crippen LogP contribution in [-0.4, -0.2) is 62.6 Å². The average Bonchev–Trinajstić information content (AvgIpc) is 3.41. The Kier molecular flexibility index (Phi) is 8.04. The number of aromatic nitrogens is 2. The first-order chi connectivity index (χ1) is 17.7. The molecule has 8 nitrogen and oxygen atoms in total. The predicted molar refractivity (Wildman–Crippen MR) is 139 cm³/mol. The molecule has 0 spiro atoms. The summed E-state index contributed by atoms with van der Waals surface area (Å²) in [7, 11) is 0. The molecule has 2 aliphatic rings. The number of likely N-dealkylation sites (tertiary alicyclic amines) is 1. The van der Waals surface area contributed by atoms with Gasteiger partial charge in [-0.1, -0.05) is 6.42 Å². The number of amides is 2. The second-order valence-electron chi connectivity index (χ2n) is 10.9. The number of halogens is 3. The Morgan fingerprint density at radius 2 is 1.95 bits per heavy atom. The van der Waals surface area contributed by atoms with Crippen LogP contribution in [0.4, 0.5) is 19.0 Å². The van der Waals surface area contributed by atoms with Crippen molar-refractivity contribution in [2.24, 2.45) is 5.92 Å². The zero-order valence-corrected chi connectivity index (χ0v) is 22.8. The van der Waals surface area contributed by atoms with Crippen molar-refractivity contribution >= 4 is 29.0 Å². The molecule has 2 aromatic rings. The second kappa shape index (κ2) is 10.8. The van der Waals surface area contributed by atoms with Crippen LogP contribution in [0.2, 0.25) is 0 Å². The summed E-state index contributed by atoms with van der Waals surface area (Å²) >= 11 is 0.715. The fourth-order valence-electron chi connectivity index (χ4n) is 4.73. The summed E-state index contributed by atoms with van der Waals surface area (Å²) in [4.78, 5) is 36.3. The van der Waals surface area contributed by atoms with Crippen molar-refractivity contribution in [1.29, 1.82) is 0 Å². The molecule has 0 radical (unpaired) electrons. The highest BCUT2D eigenvalue weighted by molar-refractivity contribution is 7.17. The van der Waals surface area contributed by atoms with Crippen LogP contribution in [0.25, 0.3) is 10.4 Å². The maximum atomic E-state index is 14.3. The summed E-state index contributed by atoms with van der Waals surface area (Å²) in [5, 5.41) is 15.4. The molecule has 4 rings (SSSR count). The average molecular weight is 554 g/mol. The SMILES string of the molecule is C[C@H](Nc1cc(C(F)(F)F)c(-c2sc(C(=O)NCC(C)(C)O)nc2C(=O)N2CCC[C@@H]2C)cn1)C1CCC1. The lowest BCUT2D eigenvalue weighted by Gasteiger charge is -2.32. The monoisotopic (exact) mass is 553 g/mol. The van der Waals surface area contributed by atoms with Crippen molar-refractivity contribution < 1.29 is 27.9 Å². The lowest BCUT2D eigenvalue weighted by Crippen LogP contribution is -2.38. The number of alkyl halides is 3. The standard InChI is InChI=1S/C26H34F3N5O3S/c1-14-7-6-10-34(14)24(36)20-21(38-23(33-20)22(35)31-13-25(3,4)37)17-12-30-19(11-18(17)26(27,28)29)32-15(2)16-8-5-9-16/h11-12,14-16,37H,5-10,13H2,1-4H3,(H,30,32)(H,31,35)/t14-,15-/m0/s1. The summed E-state index contributed by atoms with van der Waals surface area (Å²) in [6.45, 7) is 7.19. The molecule has 12 heteroatoms. The summed E-state index contributed by atoms with van der Waals surface area (Å²) < 4.78 is 43.0. The number of hydrogen-bond donors (Lipinski definition) is 3. The molecule has 2 fully saturated rings. The first-order valence-corrected chi connectivity index (χ1v) is 13.7. The van der Waals surface area contributed by atoms with Crippen LogP contribution in [-0.2, 0) is 6.18 Å². The third-order valence-corrected chi connectivity index (χ3v) is 8.29. The Bertz CT molecular complexity index is 1190. The van der Waals surface area contributed by atoms with Crippen LogP contribution in [0.15, 0.2) is 12.3 Å². The van der Waals surface area contributed by atoms with Gasteiger partial charge in [0.05, 0.1) is 16.0 Å². The fourth-order valence-corrected chi connectivity index (χ4v) is 5.73. The maximum Gasteiger partial charge on any atom is 0.417 e. The topological polar surface area (TPSA) is 107 Å². The smallest absolute Gasteiger partial charge is 0.389 e. The maximum absolute atomic E-state index is 14.3. The minimum atomic E-state index is -4.73. The van der Waals surface area contributed by atoms with Gasteiger partial charge in [0.2, 0.25) is 0 Å². The highest BCUT2D eigenvalue weighted by Crippen LogP contribution is 2.42. The molecule has 0 aromatic carbocycles. The molecule has 3 heterocycles.